The van der Waals surface area contributed by atoms with Crippen LogP contribution in [-0.4, -0.2) is 5.78 Å². The van der Waals surface area contributed by atoms with E-state index in [9.17, 15) is 4.79 Å². The summed E-state index contributed by atoms with van der Waals surface area (Å²) in [7, 11) is 0. The second kappa shape index (κ2) is 5.67. The van der Waals surface area contributed by atoms with Crippen molar-refractivity contribution in [2.75, 3.05) is 0 Å². The molecule has 0 aliphatic rings. The molecule has 1 heteroatoms. The molecule has 0 radical (unpaired) electrons. The Hall–Kier alpha value is -0.330. The van der Waals surface area contributed by atoms with Crippen LogP contribution in [0.4, 0.5) is 0 Å². The molecule has 0 aliphatic carbocycles. The molecule has 0 spiro atoms. The second-order valence-corrected chi connectivity index (χ2v) is 6.00. The van der Waals surface area contributed by atoms with Gasteiger partial charge in [-0.05, 0) is 24.2 Å². The third-order valence-electron chi connectivity index (χ3n) is 3.29. The predicted octanol–water partition coefficient (Wildman–Crippen LogP) is 4.31. The van der Waals surface area contributed by atoms with Gasteiger partial charge in [0.1, 0.15) is 5.78 Å². The van der Waals surface area contributed by atoms with Crippen molar-refractivity contribution >= 4 is 5.78 Å². The molecule has 0 fully saturated rings. The van der Waals surface area contributed by atoms with E-state index in [1.807, 2.05) is 0 Å². The minimum atomic E-state index is 0.0911. The van der Waals surface area contributed by atoms with E-state index in [1.54, 1.807) is 0 Å². The van der Waals surface area contributed by atoms with Gasteiger partial charge in [-0.25, -0.2) is 0 Å². The number of rotatable bonds is 5. The van der Waals surface area contributed by atoms with Crippen LogP contribution in [0.15, 0.2) is 0 Å². The van der Waals surface area contributed by atoms with Gasteiger partial charge in [0.25, 0.3) is 0 Å². The Morgan fingerprint density at radius 1 is 1.07 bits per heavy atom. The van der Waals surface area contributed by atoms with Crippen LogP contribution in [0.25, 0.3) is 0 Å². The number of hydrogen-bond acceptors (Lipinski definition) is 1. The summed E-state index contributed by atoms with van der Waals surface area (Å²) >= 11 is 0. The van der Waals surface area contributed by atoms with Crippen LogP contribution < -0.4 is 0 Å². The highest BCUT2D eigenvalue weighted by Crippen LogP contribution is 2.35. The van der Waals surface area contributed by atoms with Crippen molar-refractivity contribution in [2.45, 2.75) is 61.3 Å². The highest BCUT2D eigenvalue weighted by Gasteiger charge is 2.35. The predicted molar refractivity (Wildman–Crippen MR) is 66.9 cm³/mol. The van der Waals surface area contributed by atoms with E-state index in [4.69, 9.17) is 0 Å². The summed E-state index contributed by atoms with van der Waals surface area (Å²) in [6.07, 6.45) is 1.96. The van der Waals surface area contributed by atoms with Gasteiger partial charge in [-0.1, -0.05) is 48.5 Å². The average molecular weight is 212 g/mol. The maximum absolute atomic E-state index is 12.4. The number of ketones is 1. The molecule has 0 bridgehead atoms. The van der Waals surface area contributed by atoms with Gasteiger partial charge in [0, 0.05) is 11.8 Å². The molecule has 0 rings (SSSR count). The molecule has 0 aromatic carbocycles. The Kier molecular flexibility index (Phi) is 5.55. The van der Waals surface area contributed by atoms with E-state index in [0.717, 1.165) is 12.8 Å². The lowest BCUT2D eigenvalue weighted by molar-refractivity contribution is -0.132. The average Bonchev–Trinajstić information content (AvgIpc) is 2.02. The Balaban J connectivity index is 4.86. The van der Waals surface area contributed by atoms with E-state index in [-0.39, 0.29) is 17.3 Å². The summed E-state index contributed by atoms with van der Waals surface area (Å²) in [5.74, 6) is 1.37. The zero-order valence-corrected chi connectivity index (χ0v) is 11.6. The molecule has 0 aromatic rings. The Morgan fingerprint density at radius 3 is 1.67 bits per heavy atom. The molecule has 1 atom stereocenters. The molecule has 0 N–H and O–H groups in total. The third kappa shape index (κ3) is 3.96. The van der Waals surface area contributed by atoms with E-state index < -0.39 is 0 Å². The fourth-order valence-corrected chi connectivity index (χ4v) is 2.70. The van der Waals surface area contributed by atoms with Gasteiger partial charge < -0.3 is 0 Å². The third-order valence-corrected chi connectivity index (χ3v) is 3.29. The zero-order valence-electron chi connectivity index (χ0n) is 11.6. The monoisotopic (exact) mass is 212 g/mol. The van der Waals surface area contributed by atoms with Crippen LogP contribution in [0.5, 0.6) is 0 Å². The van der Waals surface area contributed by atoms with E-state index in [1.165, 1.54) is 0 Å². The highest BCUT2D eigenvalue weighted by molar-refractivity contribution is 5.84. The maximum atomic E-state index is 12.4. The maximum Gasteiger partial charge on any atom is 0.139 e. The summed E-state index contributed by atoms with van der Waals surface area (Å²) in [6, 6.07) is 0. The molecular weight excluding hydrogens is 184 g/mol. The van der Waals surface area contributed by atoms with Gasteiger partial charge in [0.2, 0.25) is 0 Å². The van der Waals surface area contributed by atoms with Gasteiger partial charge in [0.15, 0.2) is 0 Å². The Bertz CT molecular complexity index is 194. The highest BCUT2D eigenvalue weighted by atomic mass is 16.1. The molecule has 1 nitrogen and oxygen atoms in total. The molecule has 0 aliphatic heterocycles. The molecule has 0 amide bonds. The first-order valence-corrected chi connectivity index (χ1v) is 6.29. The van der Waals surface area contributed by atoms with Crippen molar-refractivity contribution in [3.8, 4) is 0 Å². The first kappa shape index (κ1) is 14.7. The van der Waals surface area contributed by atoms with Gasteiger partial charge in [-0.2, -0.15) is 0 Å². The summed E-state index contributed by atoms with van der Waals surface area (Å²) in [5, 5.41) is 0. The van der Waals surface area contributed by atoms with E-state index in [0.29, 0.717) is 11.7 Å². The molecule has 0 saturated carbocycles. The van der Waals surface area contributed by atoms with Crippen LogP contribution in [-0.2, 0) is 4.79 Å². The molecule has 15 heavy (non-hydrogen) atoms. The summed E-state index contributed by atoms with van der Waals surface area (Å²) in [4.78, 5) is 12.4. The van der Waals surface area contributed by atoms with E-state index >= 15 is 0 Å². The van der Waals surface area contributed by atoms with Gasteiger partial charge in [-0.3, -0.25) is 4.79 Å². The van der Waals surface area contributed by atoms with Crippen LogP contribution in [0.2, 0.25) is 0 Å². The fourth-order valence-electron chi connectivity index (χ4n) is 2.70. The molecule has 1 unspecified atom stereocenters. The van der Waals surface area contributed by atoms with E-state index in [2.05, 4.69) is 48.5 Å². The van der Waals surface area contributed by atoms with Crippen LogP contribution >= 0.6 is 0 Å². The van der Waals surface area contributed by atoms with Crippen LogP contribution in [0, 0.1) is 23.2 Å². The molecule has 0 heterocycles. The molecule has 0 aromatic heterocycles. The number of carbonyl (C=O) groups is 1. The van der Waals surface area contributed by atoms with Crippen LogP contribution in [0.3, 0.4) is 0 Å². The molecule has 0 saturated heterocycles. The summed E-state index contributed by atoms with van der Waals surface area (Å²) in [6.45, 7) is 15.1. The van der Waals surface area contributed by atoms with Crippen molar-refractivity contribution < 1.29 is 4.79 Å². The topological polar surface area (TPSA) is 17.1 Å². The minimum absolute atomic E-state index is 0.0911. The van der Waals surface area contributed by atoms with Crippen molar-refractivity contribution in [2.24, 2.45) is 23.2 Å². The van der Waals surface area contributed by atoms with Crippen molar-refractivity contribution in [1.82, 2.24) is 0 Å². The normalized spacial score (nSPS) is 14.7. The number of Topliss-reactive ketones (excluding diaryl/α,β-unsaturated/α-hetero) is 1. The summed E-state index contributed by atoms with van der Waals surface area (Å²) in [5.41, 5.74) is 0.0911. The number of hydrogen-bond donors (Lipinski definition) is 0. The SMILES string of the molecule is CCC(CC)C(=O)C(C(C)C)C(C)(C)C. The zero-order chi connectivity index (χ0) is 12.2. The van der Waals surface area contributed by atoms with Crippen molar-refractivity contribution in [3.05, 3.63) is 0 Å². The lowest BCUT2D eigenvalue weighted by atomic mass is 9.69. The largest absolute Gasteiger partial charge is 0.299 e. The fraction of sp³-hybridized carbons (Fsp3) is 0.929. The minimum Gasteiger partial charge on any atom is -0.299 e. The van der Waals surface area contributed by atoms with Crippen molar-refractivity contribution in [3.63, 3.8) is 0 Å². The summed E-state index contributed by atoms with van der Waals surface area (Å²) < 4.78 is 0. The quantitative estimate of drug-likeness (QED) is 0.663. The van der Waals surface area contributed by atoms with Crippen LogP contribution in [0.1, 0.15) is 61.3 Å². The van der Waals surface area contributed by atoms with Crippen molar-refractivity contribution in [1.29, 1.82) is 0 Å². The second-order valence-electron chi connectivity index (χ2n) is 6.00. The van der Waals surface area contributed by atoms with Gasteiger partial charge in [0.05, 0.1) is 0 Å². The van der Waals surface area contributed by atoms with Gasteiger partial charge in [-0.15, -0.1) is 0 Å². The molecular formula is C14H28O. The Labute approximate surface area is 95.6 Å². The lowest BCUT2D eigenvalue weighted by Crippen LogP contribution is -2.36. The Morgan fingerprint density at radius 2 is 1.47 bits per heavy atom. The standard InChI is InChI=1S/C14H28O/c1-8-11(9-2)13(15)12(10(3)4)14(5,6)7/h10-12H,8-9H2,1-7H3. The lowest BCUT2D eigenvalue weighted by Gasteiger charge is -2.35. The first-order valence-electron chi connectivity index (χ1n) is 6.29. The smallest absolute Gasteiger partial charge is 0.139 e. The number of carbonyl (C=O) groups excluding carboxylic acids is 1. The first-order chi connectivity index (χ1) is 6.75. The molecule has 90 valence electrons. The van der Waals surface area contributed by atoms with Gasteiger partial charge >= 0.3 is 0 Å².